The Kier molecular flexibility index (Phi) is 10.1. The van der Waals surface area contributed by atoms with Crippen LogP contribution >= 0.6 is 24.0 Å². The van der Waals surface area contributed by atoms with E-state index in [2.05, 4.69) is 5.32 Å². The smallest absolute Gasteiger partial charge is 0.335 e. The minimum absolute atomic E-state index is 0.0545. The molecule has 0 spiro atoms. The molecule has 3 aromatic rings. The number of carboxylic acid groups (broad SMARTS) is 1. The minimum atomic E-state index is -1.20. The first-order chi connectivity index (χ1) is 21.0. The Balaban J connectivity index is 1.55. The van der Waals surface area contributed by atoms with Gasteiger partial charge in [-0.25, -0.2) is 13.6 Å². The monoisotopic (exact) mass is 644 g/mol. The summed E-state index contributed by atoms with van der Waals surface area (Å²) < 4.78 is 49.2. The number of aromatic carboxylic acids is 1. The van der Waals surface area contributed by atoms with Crippen molar-refractivity contribution in [1.29, 1.82) is 0 Å². The second-order valence-corrected chi connectivity index (χ2v) is 10.8. The van der Waals surface area contributed by atoms with Gasteiger partial charge in [-0.2, -0.15) is 0 Å². The van der Waals surface area contributed by atoms with Crippen molar-refractivity contribution < 1.29 is 47.2 Å². The predicted molar refractivity (Wildman–Crippen MR) is 165 cm³/mol. The SMILES string of the molecule is COc1cc(C(=O)O)cc(OC)c1NC(=O)CCN1C(=O)/C(=C/c2cc(-c3ccc(F)c(F)c3)cc(OC)c2OC)SC1=S. The number of nitrogens with one attached hydrogen (secondary N) is 1. The van der Waals surface area contributed by atoms with E-state index < -0.39 is 29.4 Å². The summed E-state index contributed by atoms with van der Waals surface area (Å²) in [5, 5.41) is 12.0. The average Bonchev–Trinajstić information content (AvgIpc) is 3.27. The Hall–Kier alpha value is -4.69. The van der Waals surface area contributed by atoms with E-state index in [4.69, 9.17) is 31.2 Å². The molecule has 10 nitrogen and oxygen atoms in total. The molecule has 0 aliphatic carbocycles. The van der Waals surface area contributed by atoms with Crippen LogP contribution in [0.15, 0.2) is 47.4 Å². The molecule has 2 N–H and O–H groups in total. The molecule has 0 saturated carbocycles. The summed E-state index contributed by atoms with van der Waals surface area (Å²) in [6.45, 7) is -0.0545. The first kappa shape index (κ1) is 32.2. The molecule has 0 atom stereocenters. The van der Waals surface area contributed by atoms with Crippen molar-refractivity contribution >= 4 is 57.8 Å². The number of carbonyl (C=O) groups is 3. The van der Waals surface area contributed by atoms with Crippen LogP contribution < -0.4 is 24.3 Å². The molecular weight excluding hydrogens is 618 g/mol. The van der Waals surface area contributed by atoms with Gasteiger partial charge in [-0.3, -0.25) is 14.5 Å². The molecule has 44 heavy (non-hydrogen) atoms. The number of methoxy groups -OCH3 is 4. The summed E-state index contributed by atoms with van der Waals surface area (Å²) in [6, 6.07) is 9.22. The number of anilines is 1. The fourth-order valence-corrected chi connectivity index (χ4v) is 5.65. The van der Waals surface area contributed by atoms with E-state index in [9.17, 15) is 28.3 Å². The van der Waals surface area contributed by atoms with Gasteiger partial charge in [-0.05, 0) is 53.6 Å². The summed E-state index contributed by atoms with van der Waals surface area (Å²) in [6.07, 6.45) is 1.39. The number of amides is 2. The highest BCUT2D eigenvalue weighted by molar-refractivity contribution is 8.26. The van der Waals surface area contributed by atoms with Gasteiger partial charge in [0.1, 0.15) is 21.5 Å². The Labute approximate surface area is 260 Å². The van der Waals surface area contributed by atoms with Gasteiger partial charge in [0.05, 0.1) is 38.9 Å². The van der Waals surface area contributed by atoms with Crippen LogP contribution in [0.5, 0.6) is 23.0 Å². The van der Waals surface area contributed by atoms with E-state index in [1.165, 1.54) is 51.5 Å². The van der Waals surface area contributed by atoms with Gasteiger partial charge in [-0.15, -0.1) is 0 Å². The van der Waals surface area contributed by atoms with Crippen LogP contribution in [0, 0.1) is 11.6 Å². The van der Waals surface area contributed by atoms with Crippen molar-refractivity contribution in [1.82, 2.24) is 4.90 Å². The third-order valence-electron chi connectivity index (χ3n) is 6.50. The van der Waals surface area contributed by atoms with Crippen LogP contribution in [0.25, 0.3) is 17.2 Å². The lowest BCUT2D eigenvalue weighted by Crippen LogP contribution is -2.31. The van der Waals surface area contributed by atoms with Crippen molar-refractivity contribution in [3.05, 3.63) is 70.1 Å². The van der Waals surface area contributed by atoms with Crippen molar-refractivity contribution in [2.75, 3.05) is 40.3 Å². The number of hydrogen-bond acceptors (Lipinski definition) is 9. The summed E-state index contributed by atoms with van der Waals surface area (Å²) in [7, 11) is 5.49. The Morgan fingerprint density at radius 2 is 1.59 bits per heavy atom. The van der Waals surface area contributed by atoms with E-state index in [1.807, 2.05) is 0 Å². The van der Waals surface area contributed by atoms with E-state index in [1.54, 1.807) is 18.2 Å². The lowest BCUT2D eigenvalue weighted by Gasteiger charge is -2.17. The molecule has 1 saturated heterocycles. The molecular formula is C30H26F2N2O8S2. The summed E-state index contributed by atoms with van der Waals surface area (Å²) in [5.74, 6) is -3.39. The first-order valence-corrected chi connectivity index (χ1v) is 14.0. The van der Waals surface area contributed by atoms with Gasteiger partial charge < -0.3 is 29.4 Å². The second-order valence-electron chi connectivity index (χ2n) is 9.12. The van der Waals surface area contributed by atoms with Gasteiger partial charge >= 0.3 is 5.97 Å². The topological polar surface area (TPSA) is 124 Å². The van der Waals surface area contributed by atoms with Gasteiger partial charge in [0.2, 0.25) is 5.91 Å². The van der Waals surface area contributed by atoms with Gasteiger partial charge in [0.15, 0.2) is 23.1 Å². The predicted octanol–water partition coefficient (Wildman–Crippen LogP) is 5.59. The zero-order valence-corrected chi connectivity index (χ0v) is 25.5. The van der Waals surface area contributed by atoms with Crippen LogP contribution in [0.3, 0.4) is 0 Å². The maximum absolute atomic E-state index is 14.0. The number of halogens is 2. The fraction of sp³-hybridized carbons (Fsp3) is 0.200. The zero-order chi connectivity index (χ0) is 32.1. The van der Waals surface area contributed by atoms with E-state index >= 15 is 0 Å². The van der Waals surface area contributed by atoms with E-state index in [-0.39, 0.29) is 44.9 Å². The number of carbonyl (C=O) groups excluding carboxylic acids is 2. The second kappa shape index (κ2) is 13.7. The number of hydrogen-bond donors (Lipinski definition) is 2. The van der Waals surface area contributed by atoms with Gasteiger partial charge in [0.25, 0.3) is 5.91 Å². The molecule has 2 amide bonds. The molecule has 1 heterocycles. The molecule has 230 valence electrons. The largest absolute Gasteiger partial charge is 0.494 e. The maximum atomic E-state index is 14.0. The normalized spacial score (nSPS) is 13.7. The highest BCUT2D eigenvalue weighted by atomic mass is 32.2. The Morgan fingerprint density at radius 3 is 2.16 bits per heavy atom. The summed E-state index contributed by atoms with van der Waals surface area (Å²) in [4.78, 5) is 39.1. The van der Waals surface area contributed by atoms with Crippen molar-refractivity contribution in [2.45, 2.75) is 6.42 Å². The summed E-state index contributed by atoms with van der Waals surface area (Å²) >= 11 is 6.44. The molecule has 0 aromatic heterocycles. The Bertz CT molecular complexity index is 1670. The third-order valence-corrected chi connectivity index (χ3v) is 7.88. The lowest BCUT2D eigenvalue weighted by molar-refractivity contribution is -0.122. The molecule has 0 radical (unpaired) electrons. The maximum Gasteiger partial charge on any atom is 0.335 e. The number of rotatable bonds is 11. The Morgan fingerprint density at radius 1 is 0.932 bits per heavy atom. The highest BCUT2D eigenvalue weighted by Crippen LogP contribution is 2.41. The molecule has 14 heteroatoms. The van der Waals surface area contributed by atoms with Crippen LogP contribution in [-0.4, -0.2) is 67.1 Å². The highest BCUT2D eigenvalue weighted by Gasteiger charge is 2.33. The molecule has 1 aliphatic heterocycles. The summed E-state index contributed by atoms with van der Waals surface area (Å²) in [5.41, 5.74) is 1.34. The quantitative estimate of drug-likeness (QED) is 0.202. The molecule has 0 bridgehead atoms. The number of nitrogens with zero attached hydrogens (tertiary/aromatic N) is 1. The molecule has 1 fully saturated rings. The van der Waals surface area contributed by atoms with Crippen LogP contribution in [0.2, 0.25) is 0 Å². The first-order valence-electron chi connectivity index (χ1n) is 12.8. The lowest BCUT2D eigenvalue weighted by atomic mass is 10.0. The van der Waals surface area contributed by atoms with Gasteiger partial charge in [-0.1, -0.05) is 30.0 Å². The zero-order valence-electron chi connectivity index (χ0n) is 23.9. The number of thioether (sulfide) groups is 1. The standard InChI is InChI=1S/C30H26F2N2O8S2/c1-39-21-12-18(29(37)38)13-22(40-2)26(21)33-25(35)7-8-34-28(36)24(44-30(34)43)14-17-9-16(11-23(41-3)27(17)42-4)15-5-6-19(31)20(32)10-15/h5-6,9-14H,7-8H2,1-4H3,(H,33,35)(H,37,38)/b24-14-. The number of carboxylic acids is 1. The molecule has 0 unspecified atom stereocenters. The minimum Gasteiger partial charge on any atom is -0.494 e. The number of benzene rings is 3. The molecule has 3 aromatic carbocycles. The van der Waals surface area contributed by atoms with Crippen molar-refractivity contribution in [3.8, 4) is 34.1 Å². The molecule has 1 aliphatic rings. The number of thiocarbonyl (C=S) groups is 1. The van der Waals surface area contributed by atoms with Crippen LogP contribution in [0.4, 0.5) is 14.5 Å². The van der Waals surface area contributed by atoms with E-state index in [0.29, 0.717) is 28.2 Å². The van der Waals surface area contributed by atoms with Crippen LogP contribution in [-0.2, 0) is 9.59 Å². The van der Waals surface area contributed by atoms with Crippen LogP contribution in [0.1, 0.15) is 22.3 Å². The van der Waals surface area contributed by atoms with Gasteiger partial charge in [0, 0.05) is 18.5 Å². The van der Waals surface area contributed by atoms with E-state index in [0.717, 1.165) is 23.9 Å². The molecule has 4 rings (SSSR count). The van der Waals surface area contributed by atoms with Crippen molar-refractivity contribution in [3.63, 3.8) is 0 Å². The van der Waals surface area contributed by atoms with Crippen molar-refractivity contribution in [2.24, 2.45) is 0 Å². The third kappa shape index (κ3) is 6.76. The number of ether oxygens (including phenoxy) is 4. The fourth-order valence-electron chi connectivity index (χ4n) is 4.35. The average molecular weight is 645 g/mol.